The van der Waals surface area contributed by atoms with Crippen molar-refractivity contribution in [3.63, 3.8) is 0 Å². The zero-order valence-electron chi connectivity index (χ0n) is 14.6. The second-order valence-corrected chi connectivity index (χ2v) is 9.27. The number of rotatable bonds is 5. The highest BCUT2D eigenvalue weighted by molar-refractivity contribution is 14.1. The lowest BCUT2D eigenvalue weighted by atomic mass is 9.61. The number of nitrogens with two attached hydrogens (primary N) is 1. The van der Waals surface area contributed by atoms with Gasteiger partial charge in [-0.2, -0.15) is 0 Å². The lowest BCUT2D eigenvalue weighted by molar-refractivity contribution is -0.120. The van der Waals surface area contributed by atoms with Gasteiger partial charge in [-0.05, 0) is 43.4 Å². The second kappa shape index (κ2) is 10.2. The van der Waals surface area contributed by atoms with E-state index in [9.17, 15) is 4.79 Å². The Morgan fingerprint density at radius 1 is 1.00 bits per heavy atom. The molecule has 2 saturated carbocycles. The molecule has 4 heteroatoms. The predicted molar refractivity (Wildman–Crippen MR) is 106 cm³/mol. The average molecular weight is 434 g/mol. The van der Waals surface area contributed by atoms with E-state index in [-0.39, 0.29) is 16.5 Å². The molecule has 0 saturated heterocycles. The van der Waals surface area contributed by atoms with Crippen molar-refractivity contribution in [1.29, 1.82) is 0 Å². The highest BCUT2D eigenvalue weighted by Gasteiger charge is 2.40. The fourth-order valence-corrected chi connectivity index (χ4v) is 6.15. The molecular formula is C19H35IN2O. The molecule has 0 aromatic carbocycles. The van der Waals surface area contributed by atoms with Crippen LogP contribution in [-0.2, 0) is 4.79 Å². The van der Waals surface area contributed by atoms with Crippen LogP contribution >= 0.6 is 22.6 Å². The first-order chi connectivity index (χ1) is 11.2. The van der Waals surface area contributed by atoms with Crippen LogP contribution in [0, 0.1) is 11.3 Å². The van der Waals surface area contributed by atoms with Gasteiger partial charge in [0.25, 0.3) is 0 Å². The molecule has 3 nitrogen and oxygen atoms in total. The summed E-state index contributed by atoms with van der Waals surface area (Å²) < 4.78 is 0.231. The summed E-state index contributed by atoms with van der Waals surface area (Å²) in [5.41, 5.74) is 5.94. The Kier molecular flexibility index (Phi) is 8.66. The molecule has 3 N–H and O–H groups in total. The Morgan fingerprint density at radius 3 is 2.09 bits per heavy atom. The summed E-state index contributed by atoms with van der Waals surface area (Å²) in [7, 11) is 0. The van der Waals surface area contributed by atoms with Gasteiger partial charge in [-0.3, -0.25) is 4.79 Å². The Hall–Kier alpha value is 0.160. The molecule has 2 aliphatic rings. The van der Waals surface area contributed by atoms with Crippen LogP contribution in [0.1, 0.15) is 89.9 Å². The van der Waals surface area contributed by atoms with Gasteiger partial charge >= 0.3 is 0 Å². The average Bonchev–Trinajstić information content (AvgIpc) is 2.69. The zero-order valence-corrected chi connectivity index (χ0v) is 16.8. The van der Waals surface area contributed by atoms with Gasteiger partial charge in [0.2, 0.25) is 5.91 Å². The van der Waals surface area contributed by atoms with E-state index in [4.69, 9.17) is 5.73 Å². The Morgan fingerprint density at radius 2 is 1.52 bits per heavy atom. The first kappa shape index (κ1) is 19.5. The van der Waals surface area contributed by atoms with E-state index in [0.717, 1.165) is 12.3 Å². The van der Waals surface area contributed by atoms with E-state index < -0.39 is 0 Å². The molecule has 23 heavy (non-hydrogen) atoms. The van der Waals surface area contributed by atoms with Crippen molar-refractivity contribution < 1.29 is 4.79 Å². The summed E-state index contributed by atoms with van der Waals surface area (Å²) in [4.78, 5) is 11.6. The number of alkyl halides is 1. The molecule has 134 valence electrons. The van der Waals surface area contributed by atoms with Crippen molar-refractivity contribution in [2.24, 2.45) is 17.1 Å². The number of nitrogens with one attached hydrogen (secondary N) is 1. The van der Waals surface area contributed by atoms with E-state index in [1.54, 1.807) is 0 Å². The summed E-state index contributed by atoms with van der Waals surface area (Å²) in [5, 5.41) is 3.10. The number of hydrogen-bond donors (Lipinski definition) is 2. The largest absolute Gasteiger partial charge is 0.343 e. The molecule has 1 atom stereocenters. The molecule has 0 aromatic heterocycles. The van der Waals surface area contributed by atoms with Gasteiger partial charge in [0.05, 0.1) is 10.6 Å². The standard InChI is InChI=1S/C19H35IN2O/c20-17(22-18(23)15-21)14-19(12-8-5-9-13-19)16-10-6-3-1-2-4-7-11-16/h16-17H,1-15,21H2,(H,22,23). The maximum Gasteiger partial charge on any atom is 0.234 e. The van der Waals surface area contributed by atoms with Crippen LogP contribution in [0.2, 0.25) is 0 Å². The fraction of sp³-hybridized carbons (Fsp3) is 0.947. The van der Waals surface area contributed by atoms with Crippen molar-refractivity contribution in [2.75, 3.05) is 6.54 Å². The predicted octanol–water partition coefficient (Wildman–Crippen LogP) is 4.91. The number of halogens is 1. The molecule has 2 rings (SSSR count). The van der Waals surface area contributed by atoms with Crippen molar-refractivity contribution in [2.45, 2.75) is 93.9 Å². The van der Waals surface area contributed by atoms with Crippen LogP contribution in [0.5, 0.6) is 0 Å². The van der Waals surface area contributed by atoms with Crippen LogP contribution in [0.4, 0.5) is 0 Å². The van der Waals surface area contributed by atoms with Gasteiger partial charge in [-0.1, -0.05) is 80.4 Å². The van der Waals surface area contributed by atoms with Crippen LogP contribution < -0.4 is 11.1 Å². The summed E-state index contributed by atoms with van der Waals surface area (Å²) in [6.07, 6.45) is 19.4. The minimum Gasteiger partial charge on any atom is -0.343 e. The smallest absolute Gasteiger partial charge is 0.234 e. The minimum absolute atomic E-state index is 0.00942. The topological polar surface area (TPSA) is 55.1 Å². The van der Waals surface area contributed by atoms with Gasteiger partial charge in [0.1, 0.15) is 0 Å². The molecule has 0 spiro atoms. The first-order valence-electron chi connectivity index (χ1n) is 9.80. The molecule has 0 bridgehead atoms. The summed E-state index contributed by atoms with van der Waals surface area (Å²) >= 11 is 2.43. The van der Waals surface area contributed by atoms with Gasteiger partial charge in [-0.25, -0.2) is 0 Å². The zero-order chi connectivity index (χ0) is 16.5. The molecule has 0 aromatic rings. The van der Waals surface area contributed by atoms with Crippen LogP contribution in [0.25, 0.3) is 0 Å². The number of carbonyl (C=O) groups is 1. The fourth-order valence-electron chi connectivity index (χ4n) is 4.92. The number of carbonyl (C=O) groups excluding carboxylic acids is 1. The van der Waals surface area contributed by atoms with E-state index in [1.165, 1.54) is 83.5 Å². The second-order valence-electron chi connectivity index (χ2n) is 7.76. The number of amides is 1. The van der Waals surface area contributed by atoms with E-state index >= 15 is 0 Å². The Labute approximate surface area is 156 Å². The molecule has 0 heterocycles. The third-order valence-electron chi connectivity index (χ3n) is 6.16. The Bertz CT molecular complexity index is 345. The van der Waals surface area contributed by atoms with Crippen LogP contribution in [0.15, 0.2) is 0 Å². The molecular weight excluding hydrogens is 399 g/mol. The highest BCUT2D eigenvalue weighted by atomic mass is 127. The Balaban J connectivity index is 2.04. The van der Waals surface area contributed by atoms with Crippen molar-refractivity contribution in [3.8, 4) is 0 Å². The van der Waals surface area contributed by atoms with Gasteiger partial charge in [0, 0.05) is 0 Å². The molecule has 2 fully saturated rings. The van der Waals surface area contributed by atoms with Crippen molar-refractivity contribution in [3.05, 3.63) is 0 Å². The minimum atomic E-state index is -0.00942. The molecule has 0 aliphatic heterocycles. The molecule has 1 unspecified atom stereocenters. The lowest BCUT2D eigenvalue weighted by Gasteiger charge is -2.45. The monoisotopic (exact) mass is 434 g/mol. The van der Waals surface area contributed by atoms with Crippen LogP contribution in [0.3, 0.4) is 0 Å². The van der Waals surface area contributed by atoms with Gasteiger partial charge < -0.3 is 11.1 Å². The lowest BCUT2D eigenvalue weighted by Crippen LogP contribution is -2.42. The molecule has 1 amide bonds. The summed E-state index contributed by atoms with van der Waals surface area (Å²) in [6, 6.07) is 0. The maximum atomic E-state index is 11.6. The van der Waals surface area contributed by atoms with E-state index in [0.29, 0.717) is 5.41 Å². The molecule has 0 radical (unpaired) electrons. The molecule has 2 aliphatic carbocycles. The third-order valence-corrected chi connectivity index (χ3v) is 6.91. The number of hydrogen-bond acceptors (Lipinski definition) is 2. The summed E-state index contributed by atoms with van der Waals surface area (Å²) in [6.45, 7) is 0.107. The third kappa shape index (κ3) is 6.18. The van der Waals surface area contributed by atoms with Crippen molar-refractivity contribution in [1.82, 2.24) is 5.32 Å². The van der Waals surface area contributed by atoms with Crippen molar-refractivity contribution >= 4 is 28.5 Å². The van der Waals surface area contributed by atoms with Gasteiger partial charge in [0.15, 0.2) is 0 Å². The summed E-state index contributed by atoms with van der Waals surface area (Å²) in [5.74, 6) is 0.859. The van der Waals surface area contributed by atoms with E-state index in [2.05, 4.69) is 27.9 Å². The normalized spacial score (nSPS) is 25.0. The first-order valence-corrected chi connectivity index (χ1v) is 11.0. The van der Waals surface area contributed by atoms with Crippen LogP contribution in [-0.4, -0.2) is 16.5 Å². The SMILES string of the molecule is NCC(=O)NC(I)CC1(C2CCCCCCCC2)CCCCC1. The highest BCUT2D eigenvalue weighted by Crippen LogP contribution is 2.50. The maximum absolute atomic E-state index is 11.6. The van der Waals surface area contributed by atoms with Gasteiger partial charge in [-0.15, -0.1) is 0 Å². The van der Waals surface area contributed by atoms with E-state index in [1.807, 2.05) is 0 Å². The quantitative estimate of drug-likeness (QED) is 0.367.